The van der Waals surface area contributed by atoms with Gasteiger partial charge >= 0.3 is 0 Å². The van der Waals surface area contributed by atoms with Gasteiger partial charge in [-0.25, -0.2) is 4.39 Å². The maximum atomic E-state index is 14.0. The second-order valence-corrected chi connectivity index (χ2v) is 6.85. The molecule has 0 saturated carbocycles. The fourth-order valence-electron chi connectivity index (χ4n) is 2.87. The Balaban J connectivity index is 1.51. The molecule has 0 saturated heterocycles. The highest BCUT2D eigenvalue weighted by molar-refractivity contribution is 5.97. The third-order valence-electron chi connectivity index (χ3n) is 4.39. The van der Waals surface area contributed by atoms with E-state index in [1.807, 2.05) is 54.6 Å². The van der Waals surface area contributed by atoms with E-state index in [1.165, 1.54) is 19.1 Å². The Kier molecular flexibility index (Phi) is 7.29. The van der Waals surface area contributed by atoms with E-state index in [4.69, 9.17) is 4.74 Å². The highest BCUT2D eigenvalue weighted by atomic mass is 19.1. The summed E-state index contributed by atoms with van der Waals surface area (Å²) in [6.45, 7) is 2.64. The monoisotopic (exact) mass is 406 g/mol. The number of ether oxygens (including phenoxy) is 1. The molecule has 0 aromatic heterocycles. The average Bonchev–Trinajstić information content (AvgIpc) is 2.75. The van der Waals surface area contributed by atoms with Crippen LogP contribution in [-0.4, -0.2) is 11.8 Å². The highest BCUT2D eigenvalue weighted by Gasteiger charge is 2.13. The Morgan fingerprint density at radius 1 is 0.867 bits per heavy atom. The standard InChI is InChI=1S/C24H23FN2O3/c1-17(28)27-21-11-12-23(25)22(13-21)24(29)26-14-18-7-9-20(10-8-18)16-30-15-19-5-3-2-4-6-19/h2-13H,14-16H2,1H3,(H,26,29)(H,27,28). The summed E-state index contributed by atoms with van der Waals surface area (Å²) in [6.07, 6.45) is 0. The second-order valence-electron chi connectivity index (χ2n) is 6.85. The third kappa shape index (κ3) is 6.25. The van der Waals surface area contributed by atoms with Gasteiger partial charge in [0.2, 0.25) is 5.91 Å². The van der Waals surface area contributed by atoms with Crippen LogP contribution in [0.15, 0.2) is 72.8 Å². The van der Waals surface area contributed by atoms with Crippen molar-refractivity contribution in [2.24, 2.45) is 0 Å². The Morgan fingerprint density at radius 2 is 1.50 bits per heavy atom. The molecule has 0 spiro atoms. The van der Waals surface area contributed by atoms with Gasteiger partial charge < -0.3 is 15.4 Å². The van der Waals surface area contributed by atoms with Crippen molar-refractivity contribution in [2.45, 2.75) is 26.7 Å². The summed E-state index contributed by atoms with van der Waals surface area (Å²) in [7, 11) is 0. The number of carbonyl (C=O) groups is 2. The van der Waals surface area contributed by atoms with Gasteiger partial charge in [-0.15, -0.1) is 0 Å². The summed E-state index contributed by atoms with van der Waals surface area (Å²) >= 11 is 0. The maximum absolute atomic E-state index is 14.0. The molecule has 154 valence electrons. The van der Waals surface area contributed by atoms with Gasteiger partial charge in [-0.05, 0) is 34.9 Å². The fourth-order valence-corrected chi connectivity index (χ4v) is 2.87. The van der Waals surface area contributed by atoms with E-state index in [0.29, 0.717) is 18.9 Å². The van der Waals surface area contributed by atoms with Gasteiger partial charge in [0, 0.05) is 19.2 Å². The first-order chi connectivity index (χ1) is 14.5. The Labute approximate surface area is 174 Å². The van der Waals surface area contributed by atoms with Crippen LogP contribution in [0.25, 0.3) is 0 Å². The normalized spacial score (nSPS) is 10.5. The van der Waals surface area contributed by atoms with Crippen LogP contribution in [0.2, 0.25) is 0 Å². The van der Waals surface area contributed by atoms with E-state index in [1.54, 1.807) is 0 Å². The van der Waals surface area contributed by atoms with Gasteiger partial charge in [0.15, 0.2) is 0 Å². The molecule has 0 fully saturated rings. The molecule has 0 aliphatic carbocycles. The molecule has 0 radical (unpaired) electrons. The van der Waals surface area contributed by atoms with Crippen molar-refractivity contribution in [1.29, 1.82) is 0 Å². The molecular weight excluding hydrogens is 383 g/mol. The van der Waals surface area contributed by atoms with Crippen molar-refractivity contribution >= 4 is 17.5 Å². The van der Waals surface area contributed by atoms with Crippen molar-refractivity contribution in [2.75, 3.05) is 5.32 Å². The molecule has 0 bridgehead atoms. The number of hydrogen-bond donors (Lipinski definition) is 2. The van der Waals surface area contributed by atoms with Crippen molar-refractivity contribution in [3.05, 3.63) is 101 Å². The zero-order valence-corrected chi connectivity index (χ0v) is 16.7. The lowest BCUT2D eigenvalue weighted by Crippen LogP contribution is -2.24. The van der Waals surface area contributed by atoms with E-state index in [-0.39, 0.29) is 18.0 Å². The van der Waals surface area contributed by atoms with Crippen LogP contribution >= 0.6 is 0 Å². The van der Waals surface area contributed by atoms with E-state index >= 15 is 0 Å². The van der Waals surface area contributed by atoms with Crippen LogP contribution in [0.1, 0.15) is 34.0 Å². The van der Waals surface area contributed by atoms with E-state index in [9.17, 15) is 14.0 Å². The van der Waals surface area contributed by atoms with Crippen molar-refractivity contribution in [3.63, 3.8) is 0 Å². The lowest BCUT2D eigenvalue weighted by molar-refractivity contribution is -0.114. The summed E-state index contributed by atoms with van der Waals surface area (Å²) < 4.78 is 19.7. The summed E-state index contributed by atoms with van der Waals surface area (Å²) in [5, 5.41) is 5.23. The minimum Gasteiger partial charge on any atom is -0.372 e. The number of carbonyl (C=O) groups excluding carboxylic acids is 2. The largest absolute Gasteiger partial charge is 0.372 e. The molecule has 0 heterocycles. The van der Waals surface area contributed by atoms with Crippen molar-refractivity contribution in [1.82, 2.24) is 5.32 Å². The molecule has 0 aliphatic rings. The number of anilines is 1. The van der Waals surface area contributed by atoms with E-state index < -0.39 is 11.7 Å². The van der Waals surface area contributed by atoms with Crippen LogP contribution in [0.3, 0.4) is 0 Å². The predicted molar refractivity (Wildman–Crippen MR) is 113 cm³/mol. The zero-order chi connectivity index (χ0) is 21.3. The summed E-state index contributed by atoms with van der Waals surface area (Å²) in [5.74, 6) is -1.48. The van der Waals surface area contributed by atoms with E-state index in [2.05, 4.69) is 10.6 Å². The molecule has 2 N–H and O–H groups in total. The number of hydrogen-bond acceptors (Lipinski definition) is 3. The molecule has 3 rings (SSSR count). The molecule has 2 amide bonds. The van der Waals surface area contributed by atoms with Gasteiger partial charge in [0.1, 0.15) is 5.82 Å². The van der Waals surface area contributed by atoms with Crippen LogP contribution in [-0.2, 0) is 29.3 Å². The van der Waals surface area contributed by atoms with Gasteiger partial charge in [0.05, 0.1) is 18.8 Å². The Bertz CT molecular complexity index is 1000. The number of rotatable bonds is 8. The van der Waals surface area contributed by atoms with Crippen LogP contribution in [0, 0.1) is 5.82 Å². The smallest absolute Gasteiger partial charge is 0.254 e. The number of halogens is 1. The lowest BCUT2D eigenvalue weighted by atomic mass is 10.1. The molecule has 6 heteroatoms. The van der Waals surface area contributed by atoms with E-state index in [0.717, 1.165) is 22.8 Å². The molecule has 0 unspecified atom stereocenters. The molecule has 30 heavy (non-hydrogen) atoms. The van der Waals surface area contributed by atoms with Crippen LogP contribution in [0.5, 0.6) is 0 Å². The first kappa shape index (κ1) is 21.2. The van der Waals surface area contributed by atoms with Crippen LogP contribution in [0.4, 0.5) is 10.1 Å². The number of amides is 2. The van der Waals surface area contributed by atoms with Gasteiger partial charge in [0.25, 0.3) is 5.91 Å². The molecular formula is C24H23FN2O3. The van der Waals surface area contributed by atoms with Gasteiger partial charge in [-0.3, -0.25) is 9.59 Å². The predicted octanol–water partition coefficient (Wildman–Crippen LogP) is 4.43. The van der Waals surface area contributed by atoms with Crippen molar-refractivity contribution < 1.29 is 18.7 Å². The highest BCUT2D eigenvalue weighted by Crippen LogP contribution is 2.15. The molecule has 3 aromatic carbocycles. The maximum Gasteiger partial charge on any atom is 0.254 e. The SMILES string of the molecule is CC(=O)Nc1ccc(F)c(C(=O)NCc2ccc(COCc3ccccc3)cc2)c1. The quantitative estimate of drug-likeness (QED) is 0.582. The Hall–Kier alpha value is -3.51. The number of nitrogens with one attached hydrogen (secondary N) is 2. The Morgan fingerprint density at radius 3 is 2.17 bits per heavy atom. The first-order valence-electron chi connectivity index (χ1n) is 9.56. The summed E-state index contributed by atoms with van der Waals surface area (Å²) in [6, 6.07) is 21.5. The third-order valence-corrected chi connectivity index (χ3v) is 4.39. The van der Waals surface area contributed by atoms with Crippen LogP contribution < -0.4 is 10.6 Å². The lowest BCUT2D eigenvalue weighted by Gasteiger charge is -2.09. The molecule has 5 nitrogen and oxygen atoms in total. The molecule has 3 aromatic rings. The minimum atomic E-state index is -0.646. The average molecular weight is 406 g/mol. The van der Waals surface area contributed by atoms with Gasteiger partial charge in [-0.1, -0.05) is 54.6 Å². The van der Waals surface area contributed by atoms with Gasteiger partial charge in [-0.2, -0.15) is 0 Å². The van der Waals surface area contributed by atoms with Crippen molar-refractivity contribution in [3.8, 4) is 0 Å². The zero-order valence-electron chi connectivity index (χ0n) is 16.7. The second kappa shape index (κ2) is 10.3. The fraction of sp³-hybridized carbons (Fsp3) is 0.167. The molecule has 0 aliphatic heterocycles. The first-order valence-corrected chi connectivity index (χ1v) is 9.56. The number of benzene rings is 3. The topological polar surface area (TPSA) is 67.4 Å². The summed E-state index contributed by atoms with van der Waals surface area (Å²) in [4.78, 5) is 23.5. The minimum absolute atomic E-state index is 0.118. The summed E-state index contributed by atoms with van der Waals surface area (Å²) in [5.41, 5.74) is 3.27. The molecule has 0 atom stereocenters.